The van der Waals surface area contributed by atoms with Crippen LogP contribution in [0.1, 0.15) is 19.2 Å². The van der Waals surface area contributed by atoms with Gasteiger partial charge in [0.1, 0.15) is 29.8 Å². The average molecular weight is 460 g/mol. The molecule has 0 aliphatic carbocycles. The average Bonchev–Trinajstić information content (AvgIpc) is 3.47. The van der Waals surface area contributed by atoms with Gasteiger partial charge in [-0.05, 0) is 26.0 Å². The highest BCUT2D eigenvalue weighted by Gasteiger charge is 2.38. The third-order valence-corrected chi connectivity index (χ3v) is 5.95. The minimum Gasteiger partial charge on any atom is -0.467 e. The number of ether oxygens (including phenoxy) is 1. The van der Waals surface area contributed by atoms with Gasteiger partial charge in [0.15, 0.2) is 17.0 Å². The third-order valence-electron chi connectivity index (χ3n) is 5.95. The summed E-state index contributed by atoms with van der Waals surface area (Å²) >= 11 is 0. The van der Waals surface area contributed by atoms with Gasteiger partial charge in [-0.3, -0.25) is 0 Å². The molecule has 1 N–H and O–H groups in total. The van der Waals surface area contributed by atoms with Crippen LogP contribution < -0.4 is 10.2 Å². The molecule has 1 saturated heterocycles. The molecule has 4 aromatic rings. The molecule has 1 aliphatic rings. The molecular weight excluding hydrogens is 434 g/mol. The largest absolute Gasteiger partial charge is 0.467 e. The summed E-state index contributed by atoms with van der Waals surface area (Å²) in [6, 6.07) is 5.13. The summed E-state index contributed by atoms with van der Waals surface area (Å²) in [6.07, 6.45) is 7.31. The van der Waals surface area contributed by atoms with Gasteiger partial charge in [-0.15, -0.1) is 0 Å². The Morgan fingerprint density at radius 2 is 2.00 bits per heavy atom. The smallest absolute Gasteiger partial charge is 0.328 e. The Morgan fingerprint density at radius 3 is 2.71 bits per heavy atom. The number of aryl methyl sites for hydroxylation is 2. The zero-order valence-corrected chi connectivity index (χ0v) is 19.2. The van der Waals surface area contributed by atoms with Gasteiger partial charge in [0.2, 0.25) is 0 Å². The minimum absolute atomic E-state index is 0.0675. The van der Waals surface area contributed by atoms with Crippen LogP contribution in [0.4, 0.5) is 11.6 Å². The highest BCUT2D eigenvalue weighted by atomic mass is 16.5. The number of methoxy groups -OCH3 is 1. The van der Waals surface area contributed by atoms with Crippen LogP contribution in [0, 0.1) is 6.92 Å². The topological polar surface area (TPSA) is 124 Å². The molecule has 0 aromatic carbocycles. The number of esters is 1. The van der Waals surface area contributed by atoms with Gasteiger partial charge in [0.05, 0.1) is 12.7 Å². The molecule has 11 heteroatoms. The van der Waals surface area contributed by atoms with E-state index in [1.807, 2.05) is 41.5 Å². The Hall–Kier alpha value is -4.15. The third kappa shape index (κ3) is 3.89. The molecule has 0 saturated carbocycles. The van der Waals surface area contributed by atoms with Crippen molar-refractivity contribution in [2.45, 2.75) is 38.9 Å². The van der Waals surface area contributed by atoms with Crippen molar-refractivity contribution in [2.75, 3.05) is 23.9 Å². The van der Waals surface area contributed by atoms with Crippen molar-refractivity contribution in [1.29, 1.82) is 0 Å². The monoisotopic (exact) mass is 459 g/mol. The number of nitrogens with zero attached hydrogens (tertiary/aromatic N) is 8. The number of aromatic nitrogens is 7. The van der Waals surface area contributed by atoms with Gasteiger partial charge >= 0.3 is 5.97 Å². The lowest BCUT2D eigenvalue weighted by Crippen LogP contribution is -2.37. The quantitative estimate of drug-likeness (QED) is 0.429. The van der Waals surface area contributed by atoms with Crippen LogP contribution in [-0.2, 0) is 16.1 Å². The summed E-state index contributed by atoms with van der Waals surface area (Å²) < 4.78 is 7.07. The molecule has 4 aromatic heterocycles. The molecule has 11 nitrogen and oxygen atoms in total. The maximum atomic E-state index is 12.5. The van der Waals surface area contributed by atoms with E-state index in [2.05, 4.69) is 30.2 Å². The summed E-state index contributed by atoms with van der Waals surface area (Å²) in [4.78, 5) is 41.3. The van der Waals surface area contributed by atoms with Crippen LogP contribution in [-0.4, -0.2) is 66.2 Å². The molecule has 1 fully saturated rings. The molecule has 34 heavy (non-hydrogen) atoms. The number of rotatable bonds is 6. The van der Waals surface area contributed by atoms with Crippen molar-refractivity contribution in [2.24, 2.45) is 0 Å². The van der Waals surface area contributed by atoms with Crippen LogP contribution in [0.2, 0.25) is 0 Å². The molecule has 1 aliphatic heterocycles. The van der Waals surface area contributed by atoms with E-state index in [0.29, 0.717) is 36.7 Å². The van der Waals surface area contributed by atoms with E-state index in [1.54, 1.807) is 18.6 Å². The molecule has 2 atom stereocenters. The van der Waals surface area contributed by atoms with Crippen molar-refractivity contribution >= 4 is 28.8 Å². The number of imidazole rings is 1. The van der Waals surface area contributed by atoms with Crippen molar-refractivity contribution < 1.29 is 9.53 Å². The summed E-state index contributed by atoms with van der Waals surface area (Å²) in [5.41, 5.74) is 2.19. The van der Waals surface area contributed by atoms with E-state index in [4.69, 9.17) is 9.72 Å². The maximum Gasteiger partial charge on any atom is 0.328 e. The first-order chi connectivity index (χ1) is 16.6. The molecule has 5 heterocycles. The number of hydrogen-bond acceptors (Lipinski definition) is 10. The highest BCUT2D eigenvalue weighted by molar-refractivity contribution is 5.87. The van der Waals surface area contributed by atoms with Crippen LogP contribution in [0.25, 0.3) is 22.6 Å². The van der Waals surface area contributed by atoms with Gasteiger partial charge < -0.3 is 19.5 Å². The van der Waals surface area contributed by atoms with E-state index in [9.17, 15) is 4.79 Å². The second kappa shape index (κ2) is 9.00. The number of nitrogens with one attached hydrogen (secondary N) is 1. The van der Waals surface area contributed by atoms with Crippen LogP contribution in [0.15, 0.2) is 43.1 Å². The molecule has 1 unspecified atom stereocenters. The molecular formula is C23H25N9O2. The summed E-state index contributed by atoms with van der Waals surface area (Å²) in [5, 5.41) is 3.48. The first kappa shape index (κ1) is 21.7. The van der Waals surface area contributed by atoms with Crippen LogP contribution >= 0.6 is 0 Å². The predicted molar refractivity (Wildman–Crippen MR) is 126 cm³/mol. The fraction of sp³-hybridized carbons (Fsp3) is 0.348. The van der Waals surface area contributed by atoms with Gasteiger partial charge in [0.25, 0.3) is 0 Å². The number of pyridine rings is 1. The van der Waals surface area contributed by atoms with E-state index in [-0.39, 0.29) is 12.0 Å². The van der Waals surface area contributed by atoms with Crippen LogP contribution in [0.3, 0.4) is 0 Å². The van der Waals surface area contributed by atoms with E-state index < -0.39 is 6.04 Å². The lowest BCUT2D eigenvalue weighted by molar-refractivity contribution is -0.141. The first-order valence-corrected chi connectivity index (χ1v) is 11.1. The lowest BCUT2D eigenvalue weighted by Gasteiger charge is -2.23. The second-order valence-electron chi connectivity index (χ2n) is 8.05. The van der Waals surface area contributed by atoms with Crippen molar-refractivity contribution in [3.63, 3.8) is 0 Å². The molecule has 0 radical (unpaired) electrons. The molecule has 0 bridgehead atoms. The lowest BCUT2D eigenvalue weighted by atomic mass is 10.1. The summed E-state index contributed by atoms with van der Waals surface area (Å²) in [5.74, 6) is 2.48. The van der Waals surface area contributed by atoms with Crippen molar-refractivity contribution in [3.8, 4) is 11.4 Å². The van der Waals surface area contributed by atoms with Gasteiger partial charge in [0, 0.05) is 44.1 Å². The van der Waals surface area contributed by atoms with Crippen LogP contribution in [0.5, 0.6) is 0 Å². The van der Waals surface area contributed by atoms with E-state index in [0.717, 1.165) is 22.9 Å². The standard InChI is InChI=1S/C23H25N9O2/c1-4-31-21(15-10-25-14(2)26-11-15)30-19-20(27-13-28-22(19)31)29-16-9-17(23(33)34-3)32(12-16)18-7-5-6-8-24-18/h5-8,10-11,13,16-17H,4,9,12H2,1-3H3,(H,27,28,29)/t16?,17-/m1/s1. The number of hydrogen-bond donors (Lipinski definition) is 1. The first-order valence-electron chi connectivity index (χ1n) is 11.1. The molecule has 174 valence electrons. The molecule has 0 spiro atoms. The molecule has 5 rings (SSSR count). The normalized spacial score (nSPS) is 17.8. The fourth-order valence-corrected chi connectivity index (χ4v) is 4.34. The van der Waals surface area contributed by atoms with Gasteiger partial charge in [-0.25, -0.2) is 34.7 Å². The summed E-state index contributed by atoms with van der Waals surface area (Å²) in [7, 11) is 1.40. The Morgan fingerprint density at radius 1 is 1.18 bits per heavy atom. The second-order valence-corrected chi connectivity index (χ2v) is 8.05. The molecule has 0 amide bonds. The van der Waals surface area contributed by atoms with Crippen molar-refractivity contribution in [1.82, 2.24) is 34.5 Å². The Balaban J connectivity index is 1.48. The van der Waals surface area contributed by atoms with Gasteiger partial charge in [-0.1, -0.05) is 6.07 Å². The zero-order chi connectivity index (χ0) is 23.7. The predicted octanol–water partition coefficient (Wildman–Crippen LogP) is 2.24. The summed E-state index contributed by atoms with van der Waals surface area (Å²) in [6.45, 7) is 5.13. The number of carbonyl (C=O) groups excluding carboxylic acids is 1. The Kier molecular flexibility index (Phi) is 5.74. The highest BCUT2D eigenvalue weighted by Crippen LogP contribution is 2.30. The number of anilines is 2. The minimum atomic E-state index is -0.441. The Labute approximate surface area is 196 Å². The SMILES string of the molecule is CCn1c(-c2cnc(C)nc2)nc2c(NC3C[C@H](C(=O)OC)N(c4ccccn4)C3)ncnc21. The maximum absolute atomic E-state index is 12.5. The number of carbonyl (C=O) groups is 1. The fourth-order valence-electron chi connectivity index (χ4n) is 4.34. The van der Waals surface area contributed by atoms with Crippen molar-refractivity contribution in [3.05, 3.63) is 48.9 Å². The van der Waals surface area contributed by atoms with E-state index in [1.165, 1.54) is 13.4 Å². The van der Waals surface area contributed by atoms with E-state index >= 15 is 0 Å². The van der Waals surface area contributed by atoms with Gasteiger partial charge in [-0.2, -0.15) is 0 Å². The number of fused-ring (bicyclic) bond motifs is 1. The zero-order valence-electron chi connectivity index (χ0n) is 19.2. The Bertz CT molecular complexity index is 1310.